The summed E-state index contributed by atoms with van der Waals surface area (Å²) in [6, 6.07) is 16.5. The average molecular weight is 367 g/mol. The summed E-state index contributed by atoms with van der Waals surface area (Å²) in [4.78, 5) is 12.1. The van der Waals surface area contributed by atoms with Crippen LogP contribution in [0.25, 0.3) is 5.69 Å². The number of amides is 1. The van der Waals surface area contributed by atoms with Gasteiger partial charge >= 0.3 is 0 Å². The van der Waals surface area contributed by atoms with E-state index in [4.69, 9.17) is 17.3 Å². The van der Waals surface area contributed by atoms with E-state index in [1.165, 1.54) is 0 Å². The first-order valence-corrected chi connectivity index (χ1v) is 8.48. The number of aryl methyl sites for hydroxylation is 1. The van der Waals surface area contributed by atoms with Gasteiger partial charge in [-0.05, 0) is 50.2 Å². The van der Waals surface area contributed by atoms with Crippen molar-refractivity contribution in [2.45, 2.75) is 13.8 Å². The van der Waals surface area contributed by atoms with Gasteiger partial charge in [-0.2, -0.15) is 5.10 Å². The minimum Gasteiger partial charge on any atom is -0.398 e. The number of rotatable bonds is 4. The number of carbonyl (C=O) groups excluding carboxylic acids is 1. The first kappa shape index (κ1) is 17.8. The molecule has 2 aromatic carbocycles. The predicted octanol–water partition coefficient (Wildman–Crippen LogP) is 4.09. The molecule has 0 saturated heterocycles. The first-order chi connectivity index (χ1) is 12.5. The number of hydrogen-bond acceptors (Lipinski definition) is 3. The molecule has 0 aliphatic carbocycles. The highest BCUT2D eigenvalue weighted by molar-refractivity contribution is 6.30. The summed E-state index contributed by atoms with van der Waals surface area (Å²) >= 11 is 6.10. The molecule has 0 saturated carbocycles. The van der Waals surface area contributed by atoms with E-state index >= 15 is 0 Å². The summed E-state index contributed by atoms with van der Waals surface area (Å²) in [5.41, 5.74) is 13.1. The van der Waals surface area contributed by atoms with Crippen LogP contribution in [0.5, 0.6) is 0 Å². The van der Waals surface area contributed by atoms with Gasteiger partial charge in [0.25, 0.3) is 5.91 Å². The van der Waals surface area contributed by atoms with Crippen molar-refractivity contribution in [3.8, 4) is 5.69 Å². The van der Waals surface area contributed by atoms with Gasteiger partial charge in [0.15, 0.2) is 0 Å². The number of nitrogens with two attached hydrogens (primary N) is 1. The van der Waals surface area contributed by atoms with Gasteiger partial charge in [-0.1, -0.05) is 29.8 Å². The Labute approximate surface area is 157 Å². The molecule has 0 unspecified atom stereocenters. The average Bonchev–Trinajstić information content (AvgIpc) is 2.89. The molecule has 0 spiro atoms. The zero-order chi connectivity index (χ0) is 18.7. The summed E-state index contributed by atoms with van der Waals surface area (Å²) in [5, 5.41) is 4.74. The highest BCUT2D eigenvalue weighted by Gasteiger charge is 2.10. The number of aromatic nitrogens is 1. The van der Waals surface area contributed by atoms with Crippen LogP contribution in [0.4, 0.5) is 5.69 Å². The molecule has 132 valence electrons. The Hall–Kier alpha value is -3.05. The van der Waals surface area contributed by atoms with Crippen molar-refractivity contribution in [3.05, 3.63) is 82.1 Å². The molecule has 5 nitrogen and oxygen atoms in total. The Kier molecular flexibility index (Phi) is 5.09. The molecule has 1 heterocycles. The minimum absolute atomic E-state index is 0.344. The van der Waals surface area contributed by atoms with Gasteiger partial charge in [0.05, 0.1) is 11.8 Å². The summed E-state index contributed by atoms with van der Waals surface area (Å²) < 4.78 is 2.09. The number of anilines is 1. The zero-order valence-electron chi connectivity index (χ0n) is 14.5. The van der Waals surface area contributed by atoms with Crippen molar-refractivity contribution in [1.29, 1.82) is 0 Å². The van der Waals surface area contributed by atoms with E-state index in [9.17, 15) is 4.79 Å². The van der Waals surface area contributed by atoms with Gasteiger partial charge in [0.2, 0.25) is 0 Å². The number of para-hydroxylation sites is 1. The van der Waals surface area contributed by atoms with Crippen LogP contribution < -0.4 is 11.2 Å². The molecular weight excluding hydrogens is 348 g/mol. The lowest BCUT2D eigenvalue weighted by atomic mass is 10.2. The zero-order valence-corrected chi connectivity index (χ0v) is 15.3. The van der Waals surface area contributed by atoms with Crippen LogP contribution >= 0.6 is 11.6 Å². The molecule has 3 rings (SSSR count). The van der Waals surface area contributed by atoms with Crippen LogP contribution in [0.3, 0.4) is 0 Å². The summed E-state index contributed by atoms with van der Waals surface area (Å²) in [6.45, 7) is 4.00. The maximum absolute atomic E-state index is 12.1. The van der Waals surface area contributed by atoms with Crippen molar-refractivity contribution in [3.63, 3.8) is 0 Å². The molecule has 1 amide bonds. The molecule has 3 aromatic rings. The maximum Gasteiger partial charge on any atom is 0.273 e. The summed E-state index contributed by atoms with van der Waals surface area (Å²) in [7, 11) is 0. The SMILES string of the molecule is Cc1cc(/C=N\NC(=O)c2ccccc2N)c(C)n1-c1cccc(Cl)c1. The lowest BCUT2D eigenvalue weighted by Gasteiger charge is -2.09. The van der Waals surface area contributed by atoms with Crippen LogP contribution in [0.2, 0.25) is 5.02 Å². The Bertz CT molecular complexity index is 991. The molecule has 0 aliphatic heterocycles. The van der Waals surface area contributed by atoms with E-state index in [1.54, 1.807) is 30.5 Å². The van der Waals surface area contributed by atoms with E-state index in [0.29, 0.717) is 16.3 Å². The molecule has 0 bridgehead atoms. The van der Waals surface area contributed by atoms with Gasteiger partial charge in [-0.25, -0.2) is 5.43 Å². The molecule has 3 N–H and O–H groups in total. The third kappa shape index (κ3) is 3.63. The fraction of sp³-hybridized carbons (Fsp3) is 0.100. The maximum atomic E-state index is 12.1. The number of nitrogen functional groups attached to an aromatic ring is 1. The number of halogens is 1. The number of nitrogens with zero attached hydrogens (tertiary/aromatic N) is 2. The minimum atomic E-state index is -0.344. The van der Waals surface area contributed by atoms with Crippen molar-refractivity contribution < 1.29 is 4.79 Å². The quantitative estimate of drug-likeness (QED) is 0.414. The summed E-state index contributed by atoms with van der Waals surface area (Å²) in [6.07, 6.45) is 1.63. The fourth-order valence-electron chi connectivity index (χ4n) is 2.86. The predicted molar refractivity (Wildman–Crippen MR) is 106 cm³/mol. The Balaban J connectivity index is 1.81. The Morgan fingerprint density at radius 2 is 1.92 bits per heavy atom. The third-order valence-corrected chi connectivity index (χ3v) is 4.35. The molecule has 1 aromatic heterocycles. The molecule has 0 fully saturated rings. The van der Waals surface area contributed by atoms with Gasteiger partial charge in [-0.15, -0.1) is 0 Å². The first-order valence-electron chi connectivity index (χ1n) is 8.10. The van der Waals surface area contributed by atoms with Crippen LogP contribution in [0.1, 0.15) is 27.3 Å². The Morgan fingerprint density at radius 3 is 2.65 bits per heavy atom. The van der Waals surface area contributed by atoms with E-state index in [0.717, 1.165) is 22.6 Å². The second-order valence-electron chi connectivity index (χ2n) is 5.93. The molecule has 26 heavy (non-hydrogen) atoms. The molecule has 0 aliphatic rings. The number of benzene rings is 2. The monoisotopic (exact) mass is 366 g/mol. The molecule has 0 atom stereocenters. The van der Waals surface area contributed by atoms with Crippen LogP contribution in [0, 0.1) is 13.8 Å². The standard InChI is InChI=1S/C20H19ClN4O/c1-13-10-15(14(2)25(13)17-7-5-6-16(21)11-17)12-23-24-20(26)18-8-3-4-9-19(18)22/h3-12H,22H2,1-2H3,(H,24,26)/b23-12-. The van der Waals surface area contributed by atoms with Gasteiger partial charge < -0.3 is 10.3 Å². The van der Waals surface area contributed by atoms with Crippen LogP contribution in [-0.2, 0) is 0 Å². The highest BCUT2D eigenvalue weighted by Crippen LogP contribution is 2.22. The highest BCUT2D eigenvalue weighted by atomic mass is 35.5. The van der Waals surface area contributed by atoms with E-state index in [-0.39, 0.29) is 5.91 Å². The molecular formula is C20H19ClN4O. The normalized spacial score (nSPS) is 11.0. The number of hydrazone groups is 1. The third-order valence-electron chi connectivity index (χ3n) is 4.11. The number of nitrogens with one attached hydrogen (secondary N) is 1. The second kappa shape index (κ2) is 7.45. The largest absolute Gasteiger partial charge is 0.398 e. The van der Waals surface area contributed by atoms with E-state index in [2.05, 4.69) is 15.1 Å². The second-order valence-corrected chi connectivity index (χ2v) is 6.36. The Morgan fingerprint density at radius 1 is 1.15 bits per heavy atom. The fourth-order valence-corrected chi connectivity index (χ4v) is 3.04. The van der Waals surface area contributed by atoms with Crippen LogP contribution in [0.15, 0.2) is 59.7 Å². The topological polar surface area (TPSA) is 72.4 Å². The van der Waals surface area contributed by atoms with Crippen molar-refractivity contribution in [2.24, 2.45) is 5.10 Å². The van der Waals surface area contributed by atoms with Gasteiger partial charge in [0, 0.05) is 33.3 Å². The number of carbonyl (C=O) groups is 1. The molecule has 0 radical (unpaired) electrons. The molecule has 6 heteroatoms. The van der Waals surface area contributed by atoms with E-state index in [1.807, 2.05) is 44.2 Å². The van der Waals surface area contributed by atoms with Gasteiger partial charge in [0.1, 0.15) is 0 Å². The van der Waals surface area contributed by atoms with Crippen LogP contribution in [-0.4, -0.2) is 16.7 Å². The summed E-state index contributed by atoms with van der Waals surface area (Å²) in [5.74, 6) is -0.344. The number of hydrogen-bond donors (Lipinski definition) is 2. The van der Waals surface area contributed by atoms with Crippen molar-refractivity contribution in [1.82, 2.24) is 9.99 Å². The van der Waals surface area contributed by atoms with E-state index < -0.39 is 0 Å². The lowest BCUT2D eigenvalue weighted by molar-refractivity contribution is 0.0956. The lowest BCUT2D eigenvalue weighted by Crippen LogP contribution is -2.19. The smallest absolute Gasteiger partial charge is 0.273 e. The van der Waals surface area contributed by atoms with Crippen molar-refractivity contribution in [2.75, 3.05) is 5.73 Å². The van der Waals surface area contributed by atoms with Gasteiger partial charge in [-0.3, -0.25) is 4.79 Å². The van der Waals surface area contributed by atoms with Crippen molar-refractivity contribution >= 4 is 29.4 Å².